The summed E-state index contributed by atoms with van der Waals surface area (Å²) in [5.41, 5.74) is 1.12. The van der Waals surface area contributed by atoms with Gasteiger partial charge in [-0.15, -0.1) is 0 Å². The maximum atomic E-state index is 12.3. The molecule has 130 valence electrons. The first-order valence-corrected chi connectivity index (χ1v) is 8.91. The summed E-state index contributed by atoms with van der Waals surface area (Å²) in [4.78, 5) is 14.6. The lowest BCUT2D eigenvalue weighted by atomic mass is 10.1. The molecule has 1 N–H and O–H groups in total. The number of hydrogen-bond donors (Lipinski definition) is 1. The van der Waals surface area contributed by atoms with Crippen molar-refractivity contribution in [2.24, 2.45) is 0 Å². The summed E-state index contributed by atoms with van der Waals surface area (Å²) >= 11 is 0. The van der Waals surface area contributed by atoms with Crippen LogP contribution >= 0.6 is 0 Å². The Bertz CT molecular complexity index is 488. The molecule has 0 aromatic carbocycles. The van der Waals surface area contributed by atoms with Gasteiger partial charge in [-0.2, -0.15) is 0 Å². The largest absolute Gasteiger partial charge is 0.456 e. The molecule has 1 aliphatic heterocycles. The van der Waals surface area contributed by atoms with Crippen molar-refractivity contribution in [2.45, 2.75) is 59.1 Å². The van der Waals surface area contributed by atoms with Crippen LogP contribution in [0.15, 0.2) is 10.5 Å². The molecule has 1 aliphatic rings. The molecule has 0 aliphatic carbocycles. The van der Waals surface area contributed by atoms with E-state index in [2.05, 4.69) is 31.0 Å². The van der Waals surface area contributed by atoms with Crippen LogP contribution in [0, 0.1) is 0 Å². The van der Waals surface area contributed by atoms with Gasteiger partial charge in [-0.1, -0.05) is 20.8 Å². The van der Waals surface area contributed by atoms with Crippen molar-refractivity contribution in [1.82, 2.24) is 10.2 Å². The predicted molar refractivity (Wildman–Crippen MR) is 90.6 cm³/mol. The molecule has 1 atom stereocenters. The lowest BCUT2D eigenvalue weighted by Gasteiger charge is -2.22. The molecular weight excluding hydrogens is 292 g/mol. The molecule has 23 heavy (non-hydrogen) atoms. The number of carbonyl (C=O) groups excluding carboxylic acids is 1. The predicted octanol–water partition coefficient (Wildman–Crippen LogP) is 2.98. The van der Waals surface area contributed by atoms with Crippen LogP contribution in [0.1, 0.15) is 61.9 Å². The molecule has 1 saturated heterocycles. The quantitative estimate of drug-likeness (QED) is 0.799. The zero-order valence-corrected chi connectivity index (χ0v) is 14.7. The van der Waals surface area contributed by atoms with E-state index in [4.69, 9.17) is 9.15 Å². The average molecular weight is 322 g/mol. The molecule has 5 nitrogen and oxygen atoms in total. The SMILES string of the molecule is CCc1oc(C(=O)NCC2CCCCO2)cc1CN(CC)CC. The maximum Gasteiger partial charge on any atom is 0.287 e. The van der Waals surface area contributed by atoms with Gasteiger partial charge in [0.2, 0.25) is 0 Å². The number of amides is 1. The monoisotopic (exact) mass is 322 g/mol. The Morgan fingerprint density at radius 3 is 2.70 bits per heavy atom. The normalized spacial score (nSPS) is 18.3. The highest BCUT2D eigenvalue weighted by molar-refractivity contribution is 5.91. The molecular formula is C18H30N2O3. The number of aryl methyl sites for hydroxylation is 1. The second-order valence-electron chi connectivity index (χ2n) is 6.07. The number of rotatable bonds is 8. The van der Waals surface area contributed by atoms with Crippen molar-refractivity contribution < 1.29 is 13.9 Å². The summed E-state index contributed by atoms with van der Waals surface area (Å²) in [7, 11) is 0. The molecule has 1 aromatic heterocycles. The highest BCUT2D eigenvalue weighted by Gasteiger charge is 2.19. The first kappa shape index (κ1) is 18.0. The van der Waals surface area contributed by atoms with E-state index in [9.17, 15) is 4.79 Å². The van der Waals surface area contributed by atoms with Gasteiger partial charge in [-0.25, -0.2) is 0 Å². The molecule has 1 unspecified atom stereocenters. The topological polar surface area (TPSA) is 54.7 Å². The van der Waals surface area contributed by atoms with Gasteiger partial charge >= 0.3 is 0 Å². The number of hydrogen-bond acceptors (Lipinski definition) is 4. The van der Waals surface area contributed by atoms with Crippen LogP contribution in [-0.2, 0) is 17.7 Å². The Kier molecular flexibility index (Phi) is 7.12. The summed E-state index contributed by atoms with van der Waals surface area (Å²) in [6.45, 7) is 10.5. The summed E-state index contributed by atoms with van der Waals surface area (Å²) in [5.74, 6) is 1.19. The number of carbonyl (C=O) groups is 1. The number of ether oxygens (including phenoxy) is 1. The number of furan rings is 1. The Labute approximate surface area is 139 Å². The van der Waals surface area contributed by atoms with Gasteiger partial charge < -0.3 is 14.5 Å². The second-order valence-corrected chi connectivity index (χ2v) is 6.07. The molecule has 1 fully saturated rings. The highest BCUT2D eigenvalue weighted by atomic mass is 16.5. The molecule has 0 radical (unpaired) electrons. The molecule has 5 heteroatoms. The minimum atomic E-state index is -0.139. The van der Waals surface area contributed by atoms with Gasteiger partial charge in [0.25, 0.3) is 5.91 Å². The van der Waals surface area contributed by atoms with Crippen molar-refractivity contribution in [3.63, 3.8) is 0 Å². The van der Waals surface area contributed by atoms with Crippen molar-refractivity contribution in [2.75, 3.05) is 26.2 Å². The lowest BCUT2D eigenvalue weighted by molar-refractivity contribution is 0.0167. The van der Waals surface area contributed by atoms with E-state index in [1.54, 1.807) is 0 Å². The van der Waals surface area contributed by atoms with Crippen molar-refractivity contribution in [3.05, 3.63) is 23.2 Å². The van der Waals surface area contributed by atoms with Crippen LogP contribution in [0.3, 0.4) is 0 Å². The lowest BCUT2D eigenvalue weighted by Crippen LogP contribution is -2.35. The van der Waals surface area contributed by atoms with Crippen LogP contribution in [0.4, 0.5) is 0 Å². The fraction of sp³-hybridized carbons (Fsp3) is 0.722. The fourth-order valence-corrected chi connectivity index (χ4v) is 2.96. The molecule has 2 heterocycles. The van der Waals surface area contributed by atoms with Gasteiger partial charge in [0, 0.05) is 31.7 Å². The van der Waals surface area contributed by atoms with Crippen LogP contribution in [0.25, 0.3) is 0 Å². The number of nitrogens with one attached hydrogen (secondary N) is 1. The zero-order chi connectivity index (χ0) is 16.7. The van der Waals surface area contributed by atoms with Gasteiger partial charge in [-0.3, -0.25) is 9.69 Å². The molecule has 1 amide bonds. The summed E-state index contributed by atoms with van der Waals surface area (Å²) in [6.07, 6.45) is 4.26. The Morgan fingerprint density at radius 2 is 2.09 bits per heavy atom. The van der Waals surface area contributed by atoms with Gasteiger partial charge in [-0.05, 0) is 38.4 Å². The minimum absolute atomic E-state index is 0.139. The summed E-state index contributed by atoms with van der Waals surface area (Å²) < 4.78 is 11.4. The third-order valence-corrected chi connectivity index (χ3v) is 4.49. The van der Waals surface area contributed by atoms with Crippen molar-refractivity contribution >= 4 is 5.91 Å². The Hall–Kier alpha value is -1.33. The molecule has 2 rings (SSSR count). The van der Waals surface area contributed by atoms with E-state index in [1.165, 1.54) is 6.42 Å². The van der Waals surface area contributed by atoms with E-state index >= 15 is 0 Å². The molecule has 0 saturated carbocycles. The van der Waals surface area contributed by atoms with Gasteiger partial charge in [0.05, 0.1) is 6.10 Å². The summed E-state index contributed by atoms with van der Waals surface area (Å²) in [6, 6.07) is 1.90. The first-order chi connectivity index (χ1) is 11.2. The maximum absolute atomic E-state index is 12.3. The molecule has 0 spiro atoms. The second kappa shape index (κ2) is 9.08. The van der Waals surface area contributed by atoms with Crippen LogP contribution in [-0.4, -0.2) is 43.2 Å². The van der Waals surface area contributed by atoms with E-state index in [0.717, 1.165) is 56.8 Å². The van der Waals surface area contributed by atoms with Gasteiger partial charge in [0.1, 0.15) is 5.76 Å². The van der Waals surface area contributed by atoms with Gasteiger partial charge in [0.15, 0.2) is 5.76 Å². The van der Waals surface area contributed by atoms with Crippen molar-refractivity contribution in [1.29, 1.82) is 0 Å². The third kappa shape index (κ3) is 5.08. The fourth-order valence-electron chi connectivity index (χ4n) is 2.96. The van der Waals surface area contributed by atoms with Crippen LogP contribution in [0.5, 0.6) is 0 Å². The Balaban J connectivity index is 1.95. The molecule has 1 aromatic rings. The Morgan fingerprint density at radius 1 is 1.30 bits per heavy atom. The average Bonchev–Trinajstić information content (AvgIpc) is 3.01. The molecule has 0 bridgehead atoms. The minimum Gasteiger partial charge on any atom is -0.456 e. The smallest absolute Gasteiger partial charge is 0.287 e. The highest BCUT2D eigenvalue weighted by Crippen LogP contribution is 2.19. The number of nitrogens with zero attached hydrogens (tertiary/aromatic N) is 1. The standard InChI is InChI=1S/C18H30N2O3/c1-4-16-14(13-20(5-2)6-3)11-17(23-16)18(21)19-12-15-9-7-8-10-22-15/h11,15H,4-10,12-13H2,1-3H3,(H,19,21). The van der Waals surface area contributed by atoms with Crippen LogP contribution < -0.4 is 5.32 Å². The van der Waals surface area contributed by atoms with E-state index in [1.807, 2.05) is 6.07 Å². The summed E-state index contributed by atoms with van der Waals surface area (Å²) in [5, 5.41) is 2.94. The van der Waals surface area contributed by atoms with Crippen LogP contribution in [0.2, 0.25) is 0 Å². The van der Waals surface area contributed by atoms with E-state index in [0.29, 0.717) is 12.3 Å². The third-order valence-electron chi connectivity index (χ3n) is 4.49. The first-order valence-electron chi connectivity index (χ1n) is 8.91. The van der Waals surface area contributed by atoms with Crippen molar-refractivity contribution in [3.8, 4) is 0 Å². The zero-order valence-electron chi connectivity index (χ0n) is 14.7. The van der Waals surface area contributed by atoms with E-state index in [-0.39, 0.29) is 12.0 Å². The van der Waals surface area contributed by atoms with E-state index < -0.39 is 0 Å².